The second-order valence-electron chi connectivity index (χ2n) is 9.58. The van der Waals surface area contributed by atoms with Crippen molar-refractivity contribution in [3.8, 4) is 0 Å². The zero-order valence-corrected chi connectivity index (χ0v) is 20.8. The van der Waals surface area contributed by atoms with Crippen molar-refractivity contribution in [3.05, 3.63) is 46.1 Å². The summed E-state index contributed by atoms with van der Waals surface area (Å²) in [4.78, 5) is 34.0. The first-order chi connectivity index (χ1) is 16.2. The number of aliphatic imine (C=N–C) groups is 1. The fourth-order valence-electron chi connectivity index (χ4n) is 4.90. The summed E-state index contributed by atoms with van der Waals surface area (Å²) in [6.07, 6.45) is 0.883. The van der Waals surface area contributed by atoms with E-state index in [1.165, 1.54) is 0 Å². The first-order valence-electron chi connectivity index (χ1n) is 11.9. The number of piperazine rings is 1. The van der Waals surface area contributed by atoms with Crippen molar-refractivity contribution >= 4 is 35.1 Å². The topological polar surface area (TPSA) is 101 Å². The number of rotatable bonds is 6. The number of nitrogens with zero attached hydrogens (tertiary/aromatic N) is 3. The van der Waals surface area contributed by atoms with Crippen LogP contribution in [0, 0.1) is 11.3 Å². The predicted octanol–water partition coefficient (Wildman–Crippen LogP) is 2.76. The van der Waals surface area contributed by atoms with Crippen LogP contribution in [0.2, 0.25) is 5.02 Å². The molecule has 3 aliphatic rings. The molecular formula is C25H33ClN6O2. The van der Waals surface area contributed by atoms with Gasteiger partial charge in [-0.05, 0) is 23.6 Å². The molecule has 1 aromatic rings. The van der Waals surface area contributed by atoms with Gasteiger partial charge in [-0.1, -0.05) is 44.5 Å². The Bertz CT molecular complexity index is 1020. The van der Waals surface area contributed by atoms with Gasteiger partial charge in [0.15, 0.2) is 0 Å². The fraction of sp³-hybridized carbons (Fsp3) is 0.520. The maximum absolute atomic E-state index is 13.6. The lowest BCUT2D eigenvalue weighted by Gasteiger charge is -2.41. The Morgan fingerprint density at radius 3 is 2.56 bits per heavy atom. The number of carbonyl (C=O) groups is 2. The van der Waals surface area contributed by atoms with E-state index >= 15 is 0 Å². The lowest BCUT2D eigenvalue weighted by atomic mass is 9.87. The number of dihydropyridines is 1. The van der Waals surface area contributed by atoms with E-state index in [2.05, 4.69) is 34.4 Å². The molecule has 4 rings (SSSR count). The molecule has 0 saturated carbocycles. The lowest BCUT2D eigenvalue weighted by molar-refractivity contribution is -0.134. The van der Waals surface area contributed by atoms with Crippen molar-refractivity contribution in [2.45, 2.75) is 45.6 Å². The SMILES string of the molecule is CC(C)NC[C@@H](C(=O)N1CCN(C2=C3C(=NC(=N)C2)NC(=O)CC3C)CC1)c1ccc(Cl)cc1. The van der Waals surface area contributed by atoms with Crippen LogP contribution in [0.5, 0.6) is 0 Å². The third-order valence-corrected chi connectivity index (χ3v) is 6.92. The van der Waals surface area contributed by atoms with Crippen molar-refractivity contribution in [1.29, 1.82) is 5.41 Å². The number of amidine groups is 2. The van der Waals surface area contributed by atoms with E-state index in [1.54, 1.807) is 0 Å². The lowest BCUT2D eigenvalue weighted by Crippen LogP contribution is -2.52. The molecule has 3 heterocycles. The maximum atomic E-state index is 13.6. The first-order valence-corrected chi connectivity index (χ1v) is 12.3. The van der Waals surface area contributed by atoms with Gasteiger partial charge in [0.05, 0.1) is 5.92 Å². The number of halogens is 1. The number of benzene rings is 1. The molecule has 0 bridgehead atoms. The summed E-state index contributed by atoms with van der Waals surface area (Å²) < 4.78 is 0. The molecule has 0 spiro atoms. The minimum atomic E-state index is -0.275. The van der Waals surface area contributed by atoms with Gasteiger partial charge in [-0.25, -0.2) is 4.99 Å². The highest BCUT2D eigenvalue weighted by molar-refractivity contribution is 6.30. The molecule has 0 radical (unpaired) electrons. The van der Waals surface area contributed by atoms with Crippen LogP contribution in [0.15, 0.2) is 40.5 Å². The number of carbonyl (C=O) groups excluding carboxylic acids is 2. The van der Waals surface area contributed by atoms with Gasteiger partial charge in [0.1, 0.15) is 11.7 Å². The molecule has 2 amide bonds. The zero-order chi connectivity index (χ0) is 24.4. The van der Waals surface area contributed by atoms with Crippen LogP contribution in [-0.2, 0) is 9.59 Å². The monoisotopic (exact) mass is 484 g/mol. The Kier molecular flexibility index (Phi) is 7.38. The molecule has 2 fully saturated rings. The smallest absolute Gasteiger partial charge is 0.231 e. The highest BCUT2D eigenvalue weighted by atomic mass is 35.5. The summed E-state index contributed by atoms with van der Waals surface area (Å²) in [5, 5.41) is 15.1. The minimum absolute atomic E-state index is 0.0530. The quantitative estimate of drug-likeness (QED) is 0.578. The van der Waals surface area contributed by atoms with Crippen LogP contribution in [-0.4, -0.2) is 72.1 Å². The van der Waals surface area contributed by atoms with Gasteiger partial charge < -0.3 is 20.4 Å². The first kappa shape index (κ1) is 24.4. The molecule has 34 heavy (non-hydrogen) atoms. The average molecular weight is 485 g/mol. The third-order valence-electron chi connectivity index (χ3n) is 6.66. The van der Waals surface area contributed by atoms with Crippen molar-refractivity contribution in [2.75, 3.05) is 32.7 Å². The molecule has 0 aliphatic carbocycles. The summed E-state index contributed by atoms with van der Waals surface area (Å²) in [5.74, 6) is 0.628. The summed E-state index contributed by atoms with van der Waals surface area (Å²) in [6.45, 7) is 9.37. The summed E-state index contributed by atoms with van der Waals surface area (Å²) in [7, 11) is 0. The van der Waals surface area contributed by atoms with Crippen molar-refractivity contribution < 1.29 is 9.59 Å². The molecule has 9 heteroatoms. The van der Waals surface area contributed by atoms with Crippen LogP contribution in [0.25, 0.3) is 0 Å². The van der Waals surface area contributed by atoms with Gasteiger partial charge >= 0.3 is 0 Å². The van der Waals surface area contributed by atoms with Gasteiger partial charge in [-0.2, -0.15) is 0 Å². The van der Waals surface area contributed by atoms with Gasteiger partial charge in [0.2, 0.25) is 11.8 Å². The molecular weight excluding hydrogens is 452 g/mol. The Labute approximate surface area is 205 Å². The molecule has 182 valence electrons. The van der Waals surface area contributed by atoms with Crippen molar-refractivity contribution in [1.82, 2.24) is 20.4 Å². The number of hydrogen-bond donors (Lipinski definition) is 3. The summed E-state index contributed by atoms with van der Waals surface area (Å²) in [6, 6.07) is 7.81. The van der Waals surface area contributed by atoms with E-state index in [0.717, 1.165) is 16.8 Å². The van der Waals surface area contributed by atoms with E-state index in [9.17, 15) is 9.59 Å². The highest BCUT2D eigenvalue weighted by Crippen LogP contribution is 2.31. The van der Waals surface area contributed by atoms with Gasteiger partial charge in [0.25, 0.3) is 0 Å². The largest absolute Gasteiger partial charge is 0.371 e. The minimum Gasteiger partial charge on any atom is -0.371 e. The van der Waals surface area contributed by atoms with Crippen LogP contribution in [0.1, 0.15) is 45.1 Å². The number of fused-ring (bicyclic) bond motifs is 1. The Hall–Kier alpha value is -2.71. The van der Waals surface area contributed by atoms with Crippen molar-refractivity contribution in [2.24, 2.45) is 10.9 Å². The summed E-state index contributed by atoms with van der Waals surface area (Å²) >= 11 is 6.07. The molecule has 3 N–H and O–H groups in total. The zero-order valence-electron chi connectivity index (χ0n) is 20.0. The number of nitrogens with one attached hydrogen (secondary N) is 3. The van der Waals surface area contributed by atoms with E-state index in [-0.39, 0.29) is 35.5 Å². The Morgan fingerprint density at radius 2 is 1.91 bits per heavy atom. The highest BCUT2D eigenvalue weighted by Gasteiger charge is 2.35. The van der Waals surface area contributed by atoms with E-state index in [0.29, 0.717) is 56.4 Å². The van der Waals surface area contributed by atoms with Gasteiger partial charge in [-0.3, -0.25) is 15.0 Å². The van der Waals surface area contributed by atoms with E-state index in [1.807, 2.05) is 36.1 Å². The molecule has 3 aliphatic heterocycles. The van der Waals surface area contributed by atoms with Gasteiger partial charge in [-0.15, -0.1) is 0 Å². The molecule has 8 nitrogen and oxygen atoms in total. The number of hydrogen-bond acceptors (Lipinski definition) is 5. The molecule has 2 atom stereocenters. The van der Waals surface area contributed by atoms with Crippen LogP contribution >= 0.6 is 11.6 Å². The number of piperidine rings is 1. The Morgan fingerprint density at radius 1 is 1.24 bits per heavy atom. The van der Waals surface area contributed by atoms with Crippen LogP contribution in [0.3, 0.4) is 0 Å². The molecule has 0 aromatic heterocycles. The fourth-order valence-corrected chi connectivity index (χ4v) is 5.02. The Balaban J connectivity index is 1.48. The number of amides is 2. The van der Waals surface area contributed by atoms with Crippen LogP contribution < -0.4 is 10.6 Å². The molecule has 2 saturated heterocycles. The average Bonchev–Trinajstić information content (AvgIpc) is 2.79. The van der Waals surface area contributed by atoms with Crippen molar-refractivity contribution in [3.63, 3.8) is 0 Å². The predicted molar refractivity (Wildman–Crippen MR) is 134 cm³/mol. The standard InChI is InChI=1S/C25H33ClN6O2/c1-15(2)28-14-19(17-4-6-18(26)7-5-17)25(34)32-10-8-31(9-11-32)20-13-21(27)29-24-23(20)16(3)12-22(33)30-24/h4-7,15-16,19,28H,8-14H2,1-3H3,(H2,27,29,30,33)/t16?,19-/m1/s1. The van der Waals surface area contributed by atoms with Crippen LogP contribution in [0.4, 0.5) is 0 Å². The normalized spacial score (nSPS) is 21.9. The molecule has 1 unspecified atom stereocenters. The second kappa shape index (κ2) is 10.3. The molecule has 1 aromatic carbocycles. The maximum Gasteiger partial charge on any atom is 0.231 e. The van der Waals surface area contributed by atoms with E-state index in [4.69, 9.17) is 17.0 Å². The van der Waals surface area contributed by atoms with E-state index < -0.39 is 0 Å². The summed E-state index contributed by atoms with van der Waals surface area (Å²) in [5.41, 5.74) is 3.06. The van der Waals surface area contributed by atoms with Gasteiger partial charge in [0, 0.05) is 67.9 Å². The third kappa shape index (κ3) is 5.33. The second-order valence-corrected chi connectivity index (χ2v) is 10.0.